The molecule has 16 heavy (non-hydrogen) atoms. The summed E-state index contributed by atoms with van der Waals surface area (Å²) in [4.78, 5) is 7.29. The van der Waals surface area contributed by atoms with Crippen molar-refractivity contribution in [3.8, 4) is 0 Å². The van der Waals surface area contributed by atoms with Gasteiger partial charge in [0.2, 0.25) is 0 Å². The van der Waals surface area contributed by atoms with Crippen LogP contribution in [-0.4, -0.2) is 9.97 Å². The summed E-state index contributed by atoms with van der Waals surface area (Å²) in [5, 5.41) is 3.97. The number of aromatic amines is 1. The average Bonchev–Trinajstić information content (AvgIpc) is 2.66. The van der Waals surface area contributed by atoms with Crippen LogP contribution >= 0.6 is 27.5 Å². The molecule has 2 aromatic rings. The highest BCUT2D eigenvalue weighted by molar-refractivity contribution is 9.10. The van der Waals surface area contributed by atoms with Crippen molar-refractivity contribution in [2.45, 2.75) is 13.5 Å². The summed E-state index contributed by atoms with van der Waals surface area (Å²) in [5.74, 6) is 0.922. The van der Waals surface area contributed by atoms with Crippen LogP contribution in [0.25, 0.3) is 0 Å². The Balaban J connectivity index is 2.02. The van der Waals surface area contributed by atoms with Crippen molar-refractivity contribution in [2.24, 2.45) is 0 Å². The molecule has 0 amide bonds. The van der Waals surface area contributed by atoms with Crippen LogP contribution in [0.4, 0.5) is 5.69 Å². The summed E-state index contributed by atoms with van der Waals surface area (Å²) >= 11 is 9.35. The lowest BCUT2D eigenvalue weighted by Gasteiger charge is -2.05. The van der Waals surface area contributed by atoms with Crippen LogP contribution in [0.3, 0.4) is 0 Å². The van der Waals surface area contributed by atoms with Gasteiger partial charge in [-0.2, -0.15) is 0 Å². The molecule has 1 aromatic carbocycles. The first-order chi connectivity index (χ1) is 7.65. The number of rotatable bonds is 3. The lowest BCUT2D eigenvalue weighted by molar-refractivity contribution is 1.05. The molecule has 0 fully saturated rings. The summed E-state index contributed by atoms with van der Waals surface area (Å²) in [6.07, 6.45) is 1.82. The van der Waals surface area contributed by atoms with Gasteiger partial charge in [0, 0.05) is 10.2 Å². The average molecular weight is 301 g/mol. The van der Waals surface area contributed by atoms with Gasteiger partial charge < -0.3 is 10.3 Å². The number of aromatic nitrogens is 2. The minimum Gasteiger partial charge on any atom is -0.379 e. The predicted molar refractivity (Wildman–Crippen MR) is 69.8 cm³/mol. The van der Waals surface area contributed by atoms with Crippen molar-refractivity contribution in [3.63, 3.8) is 0 Å². The van der Waals surface area contributed by atoms with E-state index in [1.165, 1.54) is 0 Å². The number of aryl methyl sites for hydroxylation is 1. The first-order valence-electron chi connectivity index (χ1n) is 4.84. The first-order valence-corrected chi connectivity index (χ1v) is 6.01. The maximum absolute atomic E-state index is 5.99. The lowest BCUT2D eigenvalue weighted by atomic mass is 10.3. The largest absolute Gasteiger partial charge is 0.379 e. The fraction of sp³-hybridized carbons (Fsp3) is 0.182. The Morgan fingerprint density at radius 2 is 2.31 bits per heavy atom. The van der Waals surface area contributed by atoms with Gasteiger partial charge in [-0.25, -0.2) is 4.98 Å². The molecule has 5 heteroatoms. The molecular formula is C11H11BrClN3. The Bertz CT molecular complexity index is 496. The molecule has 0 spiro atoms. The number of nitrogens with zero attached hydrogens (tertiary/aromatic N) is 1. The van der Waals surface area contributed by atoms with Gasteiger partial charge in [0.05, 0.1) is 23.5 Å². The van der Waals surface area contributed by atoms with E-state index >= 15 is 0 Å². The number of anilines is 1. The molecule has 1 heterocycles. The minimum absolute atomic E-state index is 0.700. The second-order valence-electron chi connectivity index (χ2n) is 3.48. The lowest BCUT2D eigenvalue weighted by Crippen LogP contribution is -1.99. The van der Waals surface area contributed by atoms with Crippen LogP contribution in [-0.2, 0) is 6.54 Å². The van der Waals surface area contributed by atoms with Crippen molar-refractivity contribution in [3.05, 3.63) is 45.4 Å². The standard InChI is InChI=1S/C11H11BrClN3/c1-7-14-5-9(16-7)6-15-8-2-3-10(12)11(13)4-8/h2-5,15H,6H2,1H3,(H,14,16). The summed E-state index contributed by atoms with van der Waals surface area (Å²) in [7, 11) is 0. The number of imidazole rings is 1. The van der Waals surface area contributed by atoms with Crippen LogP contribution < -0.4 is 5.32 Å². The molecule has 84 valence electrons. The Morgan fingerprint density at radius 3 is 2.94 bits per heavy atom. The summed E-state index contributed by atoms with van der Waals surface area (Å²) in [5.41, 5.74) is 2.04. The quantitative estimate of drug-likeness (QED) is 0.906. The normalized spacial score (nSPS) is 10.4. The molecular weight excluding hydrogens is 289 g/mol. The number of hydrogen-bond donors (Lipinski definition) is 2. The molecule has 0 saturated carbocycles. The zero-order valence-electron chi connectivity index (χ0n) is 8.72. The molecule has 0 atom stereocenters. The zero-order chi connectivity index (χ0) is 11.5. The maximum atomic E-state index is 5.99. The van der Waals surface area contributed by atoms with Crippen LogP contribution in [0.1, 0.15) is 11.5 Å². The fourth-order valence-electron chi connectivity index (χ4n) is 1.36. The zero-order valence-corrected chi connectivity index (χ0v) is 11.1. The van der Waals surface area contributed by atoms with Gasteiger partial charge in [0.25, 0.3) is 0 Å². The van der Waals surface area contributed by atoms with Gasteiger partial charge in [0.15, 0.2) is 0 Å². The first kappa shape index (κ1) is 11.5. The molecule has 0 aliphatic heterocycles. The molecule has 1 aromatic heterocycles. The predicted octanol–water partition coefficient (Wildman–Crippen LogP) is 3.75. The molecule has 0 aliphatic carbocycles. The second kappa shape index (κ2) is 4.89. The number of benzene rings is 1. The van der Waals surface area contributed by atoms with Gasteiger partial charge in [0.1, 0.15) is 5.82 Å². The smallest absolute Gasteiger partial charge is 0.103 e. The van der Waals surface area contributed by atoms with E-state index in [1.54, 1.807) is 0 Å². The Morgan fingerprint density at radius 1 is 1.50 bits per heavy atom. The molecule has 0 bridgehead atoms. The third kappa shape index (κ3) is 2.77. The Kier molecular flexibility index (Phi) is 3.51. The highest BCUT2D eigenvalue weighted by Gasteiger charge is 2.00. The van der Waals surface area contributed by atoms with Crippen LogP contribution in [0.2, 0.25) is 5.02 Å². The molecule has 2 rings (SSSR count). The Labute approximate surface area is 107 Å². The van der Waals surface area contributed by atoms with E-state index < -0.39 is 0 Å². The molecule has 3 nitrogen and oxygen atoms in total. The molecule has 0 unspecified atom stereocenters. The second-order valence-corrected chi connectivity index (χ2v) is 4.74. The third-order valence-electron chi connectivity index (χ3n) is 2.16. The van der Waals surface area contributed by atoms with Crippen molar-refractivity contribution in [1.29, 1.82) is 0 Å². The van der Waals surface area contributed by atoms with Crippen molar-refractivity contribution in [2.75, 3.05) is 5.32 Å². The number of hydrogen-bond acceptors (Lipinski definition) is 2. The van der Waals surface area contributed by atoms with Gasteiger partial charge in [-0.05, 0) is 41.1 Å². The van der Waals surface area contributed by atoms with E-state index in [2.05, 4.69) is 31.2 Å². The van der Waals surface area contributed by atoms with Crippen molar-refractivity contribution >= 4 is 33.2 Å². The van der Waals surface area contributed by atoms with E-state index in [1.807, 2.05) is 31.3 Å². The van der Waals surface area contributed by atoms with E-state index in [-0.39, 0.29) is 0 Å². The fourth-order valence-corrected chi connectivity index (χ4v) is 1.79. The Hall–Kier alpha value is -1.00. The summed E-state index contributed by atoms with van der Waals surface area (Å²) < 4.78 is 0.900. The topological polar surface area (TPSA) is 40.7 Å². The van der Waals surface area contributed by atoms with Gasteiger partial charge in [-0.15, -0.1) is 0 Å². The SMILES string of the molecule is Cc1ncc(CNc2ccc(Br)c(Cl)c2)[nH]1. The van der Waals surface area contributed by atoms with Gasteiger partial charge in [-0.3, -0.25) is 0 Å². The van der Waals surface area contributed by atoms with Gasteiger partial charge in [-0.1, -0.05) is 11.6 Å². The molecule has 0 aliphatic rings. The van der Waals surface area contributed by atoms with E-state index in [0.29, 0.717) is 11.6 Å². The molecule has 2 N–H and O–H groups in total. The van der Waals surface area contributed by atoms with Crippen molar-refractivity contribution < 1.29 is 0 Å². The minimum atomic E-state index is 0.700. The summed E-state index contributed by atoms with van der Waals surface area (Å²) in [6, 6.07) is 5.77. The monoisotopic (exact) mass is 299 g/mol. The highest BCUT2D eigenvalue weighted by Crippen LogP contribution is 2.25. The van der Waals surface area contributed by atoms with Gasteiger partial charge >= 0.3 is 0 Å². The van der Waals surface area contributed by atoms with E-state index in [4.69, 9.17) is 11.6 Å². The number of halogens is 2. The molecule has 0 radical (unpaired) electrons. The van der Waals surface area contributed by atoms with E-state index in [0.717, 1.165) is 21.7 Å². The number of nitrogens with one attached hydrogen (secondary N) is 2. The summed E-state index contributed by atoms with van der Waals surface area (Å²) in [6.45, 7) is 2.64. The maximum Gasteiger partial charge on any atom is 0.103 e. The third-order valence-corrected chi connectivity index (χ3v) is 3.39. The van der Waals surface area contributed by atoms with Crippen LogP contribution in [0, 0.1) is 6.92 Å². The van der Waals surface area contributed by atoms with E-state index in [9.17, 15) is 0 Å². The molecule has 0 saturated heterocycles. The van der Waals surface area contributed by atoms with Crippen LogP contribution in [0.15, 0.2) is 28.9 Å². The highest BCUT2D eigenvalue weighted by atomic mass is 79.9. The van der Waals surface area contributed by atoms with Crippen LogP contribution in [0.5, 0.6) is 0 Å². The number of H-pyrrole nitrogens is 1. The van der Waals surface area contributed by atoms with Crippen molar-refractivity contribution in [1.82, 2.24) is 9.97 Å².